The summed E-state index contributed by atoms with van der Waals surface area (Å²) in [7, 11) is 1.54. The van der Waals surface area contributed by atoms with Crippen molar-refractivity contribution in [1.82, 2.24) is 5.32 Å². The molecule has 0 aliphatic rings. The fourth-order valence-electron chi connectivity index (χ4n) is 1.65. The number of esters is 1. The summed E-state index contributed by atoms with van der Waals surface area (Å²) in [5.74, 6) is -0.847. The summed E-state index contributed by atoms with van der Waals surface area (Å²) in [5, 5.41) is 2.20. The smallest absolute Gasteiger partial charge is 0.331 e. The molecule has 8 heteroatoms. The molecule has 0 bridgehead atoms. The van der Waals surface area contributed by atoms with Crippen molar-refractivity contribution in [2.45, 2.75) is 6.92 Å². The Kier molecular flexibility index (Phi) is 7.83. The highest BCUT2D eigenvalue weighted by Gasteiger charge is 2.07. The van der Waals surface area contributed by atoms with Gasteiger partial charge in [-0.05, 0) is 30.7 Å². The Balaban J connectivity index is 2.56. The highest BCUT2D eigenvalue weighted by atomic mass is 16.5. The number of primary amides is 1. The van der Waals surface area contributed by atoms with Crippen LogP contribution in [-0.2, 0) is 19.1 Å². The predicted octanol–water partition coefficient (Wildman–Crippen LogP) is 0.252. The lowest BCUT2D eigenvalue weighted by Crippen LogP contribution is -2.35. The molecule has 8 nitrogen and oxygen atoms in total. The average molecular weight is 336 g/mol. The van der Waals surface area contributed by atoms with Crippen molar-refractivity contribution < 1.29 is 28.6 Å². The van der Waals surface area contributed by atoms with Crippen molar-refractivity contribution in [3.05, 3.63) is 29.8 Å². The fourth-order valence-corrected chi connectivity index (χ4v) is 1.65. The number of nitrogens with one attached hydrogen (secondary N) is 1. The summed E-state index contributed by atoms with van der Waals surface area (Å²) in [4.78, 5) is 33.3. The number of rotatable bonds is 9. The molecule has 130 valence electrons. The molecule has 0 saturated heterocycles. The minimum Gasteiger partial charge on any atom is -0.493 e. The number of carbonyl (C=O) groups excluding carboxylic acids is 3. The van der Waals surface area contributed by atoms with Crippen LogP contribution in [0.15, 0.2) is 24.3 Å². The third-order valence-corrected chi connectivity index (χ3v) is 2.70. The second-order valence-corrected chi connectivity index (χ2v) is 4.53. The Morgan fingerprint density at radius 2 is 2.00 bits per heavy atom. The van der Waals surface area contributed by atoms with E-state index in [2.05, 4.69) is 5.32 Å². The van der Waals surface area contributed by atoms with Gasteiger partial charge in [0.2, 0.25) is 5.91 Å². The number of nitrogens with two attached hydrogens (primary N) is 1. The van der Waals surface area contributed by atoms with E-state index in [0.717, 1.165) is 0 Å². The van der Waals surface area contributed by atoms with E-state index in [9.17, 15) is 14.4 Å². The van der Waals surface area contributed by atoms with Crippen LogP contribution in [0.1, 0.15) is 12.5 Å². The number of hydrogen-bond acceptors (Lipinski definition) is 6. The number of carbonyl (C=O) groups is 3. The lowest BCUT2D eigenvalue weighted by molar-refractivity contribution is -0.143. The third-order valence-electron chi connectivity index (χ3n) is 2.70. The standard InChI is InChI=1S/C16H20N2O6/c1-3-23-13-8-11(4-6-12(13)22-2)5-7-16(21)24-10-15(20)18-9-14(17)19/h4-8H,3,9-10H2,1-2H3,(H2,17,19)(H,18,20)/b7-5+. The topological polar surface area (TPSA) is 117 Å². The molecule has 1 rings (SSSR count). The van der Waals surface area contributed by atoms with Crippen LogP contribution in [0.5, 0.6) is 11.5 Å². The summed E-state index contributed by atoms with van der Waals surface area (Å²) < 4.78 is 15.3. The van der Waals surface area contributed by atoms with Crippen LogP contribution >= 0.6 is 0 Å². The molecular formula is C16H20N2O6. The van der Waals surface area contributed by atoms with Crippen LogP contribution in [0, 0.1) is 0 Å². The molecule has 1 aromatic carbocycles. The van der Waals surface area contributed by atoms with E-state index >= 15 is 0 Å². The van der Waals surface area contributed by atoms with Gasteiger partial charge < -0.3 is 25.3 Å². The van der Waals surface area contributed by atoms with Crippen molar-refractivity contribution >= 4 is 23.9 Å². The molecule has 0 radical (unpaired) electrons. The first kappa shape index (κ1) is 19.0. The van der Waals surface area contributed by atoms with Crippen molar-refractivity contribution in [1.29, 1.82) is 0 Å². The molecule has 0 spiro atoms. The molecular weight excluding hydrogens is 316 g/mol. The molecule has 0 saturated carbocycles. The van der Waals surface area contributed by atoms with E-state index in [1.54, 1.807) is 18.2 Å². The maximum atomic E-state index is 11.6. The molecule has 1 aromatic rings. The largest absolute Gasteiger partial charge is 0.493 e. The van der Waals surface area contributed by atoms with Gasteiger partial charge in [0, 0.05) is 6.08 Å². The lowest BCUT2D eigenvalue weighted by atomic mass is 10.2. The van der Waals surface area contributed by atoms with Crippen LogP contribution in [-0.4, -0.2) is 44.7 Å². The van der Waals surface area contributed by atoms with E-state index < -0.39 is 24.4 Å². The van der Waals surface area contributed by atoms with Gasteiger partial charge in [0.25, 0.3) is 5.91 Å². The maximum Gasteiger partial charge on any atom is 0.331 e. The van der Waals surface area contributed by atoms with Gasteiger partial charge in [0.05, 0.1) is 20.3 Å². The second kappa shape index (κ2) is 9.88. The van der Waals surface area contributed by atoms with Gasteiger partial charge in [0.15, 0.2) is 18.1 Å². The van der Waals surface area contributed by atoms with E-state index in [4.69, 9.17) is 19.9 Å². The zero-order valence-electron chi connectivity index (χ0n) is 13.5. The lowest BCUT2D eigenvalue weighted by Gasteiger charge is -2.09. The number of benzene rings is 1. The molecule has 24 heavy (non-hydrogen) atoms. The average Bonchev–Trinajstić information content (AvgIpc) is 2.56. The molecule has 0 aliphatic carbocycles. The Morgan fingerprint density at radius 3 is 2.62 bits per heavy atom. The van der Waals surface area contributed by atoms with E-state index in [0.29, 0.717) is 23.7 Å². The fraction of sp³-hybridized carbons (Fsp3) is 0.312. The summed E-state index contributed by atoms with van der Waals surface area (Å²) in [6, 6.07) is 5.17. The quantitative estimate of drug-likeness (QED) is 0.493. The first-order chi connectivity index (χ1) is 11.5. The van der Waals surface area contributed by atoms with Crippen LogP contribution < -0.4 is 20.5 Å². The van der Waals surface area contributed by atoms with Gasteiger partial charge in [0.1, 0.15) is 0 Å². The highest BCUT2D eigenvalue weighted by molar-refractivity contribution is 5.90. The Morgan fingerprint density at radius 1 is 1.25 bits per heavy atom. The van der Waals surface area contributed by atoms with Crippen molar-refractivity contribution in [2.75, 3.05) is 26.9 Å². The van der Waals surface area contributed by atoms with Crippen molar-refractivity contribution in [3.8, 4) is 11.5 Å². The van der Waals surface area contributed by atoms with Crippen molar-refractivity contribution in [2.24, 2.45) is 5.73 Å². The Hall–Kier alpha value is -3.03. The summed E-state index contributed by atoms with van der Waals surface area (Å²) in [6.45, 7) is 1.52. The predicted molar refractivity (Wildman–Crippen MR) is 86.4 cm³/mol. The zero-order valence-corrected chi connectivity index (χ0v) is 13.5. The van der Waals surface area contributed by atoms with Crippen LogP contribution in [0.4, 0.5) is 0 Å². The number of hydrogen-bond donors (Lipinski definition) is 2. The molecule has 0 aromatic heterocycles. The first-order valence-corrected chi connectivity index (χ1v) is 7.17. The van der Waals surface area contributed by atoms with Gasteiger partial charge >= 0.3 is 5.97 Å². The number of methoxy groups -OCH3 is 1. The van der Waals surface area contributed by atoms with Gasteiger partial charge in [-0.1, -0.05) is 6.07 Å². The molecule has 0 aliphatic heterocycles. The highest BCUT2D eigenvalue weighted by Crippen LogP contribution is 2.28. The SMILES string of the molecule is CCOc1cc(/C=C/C(=O)OCC(=O)NCC(N)=O)ccc1OC. The summed E-state index contributed by atoms with van der Waals surface area (Å²) in [6.07, 6.45) is 2.70. The molecule has 3 N–H and O–H groups in total. The first-order valence-electron chi connectivity index (χ1n) is 7.17. The van der Waals surface area contributed by atoms with E-state index in [-0.39, 0.29) is 6.54 Å². The van der Waals surface area contributed by atoms with Gasteiger partial charge in [-0.2, -0.15) is 0 Å². The molecule has 0 unspecified atom stereocenters. The Labute approximate surface area is 139 Å². The van der Waals surface area contributed by atoms with Gasteiger partial charge in [-0.3, -0.25) is 9.59 Å². The summed E-state index contributed by atoms with van der Waals surface area (Å²) >= 11 is 0. The van der Waals surface area contributed by atoms with Crippen LogP contribution in [0.25, 0.3) is 6.08 Å². The summed E-state index contributed by atoms with van der Waals surface area (Å²) in [5.41, 5.74) is 5.57. The van der Waals surface area contributed by atoms with Crippen LogP contribution in [0.2, 0.25) is 0 Å². The monoisotopic (exact) mass is 336 g/mol. The normalized spacial score (nSPS) is 10.2. The Bertz CT molecular complexity index is 627. The van der Waals surface area contributed by atoms with Gasteiger partial charge in [-0.15, -0.1) is 0 Å². The zero-order chi connectivity index (χ0) is 17.9. The van der Waals surface area contributed by atoms with E-state index in [1.165, 1.54) is 19.3 Å². The number of amides is 2. The maximum absolute atomic E-state index is 11.6. The molecule has 0 fully saturated rings. The molecule has 2 amide bonds. The minimum absolute atomic E-state index is 0.307. The molecule has 0 atom stereocenters. The minimum atomic E-state index is -0.696. The third kappa shape index (κ3) is 6.82. The second-order valence-electron chi connectivity index (χ2n) is 4.53. The van der Waals surface area contributed by atoms with Gasteiger partial charge in [-0.25, -0.2) is 4.79 Å². The van der Waals surface area contributed by atoms with Crippen molar-refractivity contribution in [3.63, 3.8) is 0 Å². The van der Waals surface area contributed by atoms with E-state index in [1.807, 2.05) is 6.92 Å². The molecule has 0 heterocycles. The van der Waals surface area contributed by atoms with Crippen LogP contribution in [0.3, 0.4) is 0 Å². The number of ether oxygens (including phenoxy) is 3.